The standard InChI is InChI=1S/C28H33N3O7S/c1-16-21-24(33)31(28(2,3)26(34)35)27(36)30(25(21)39-22(16)23-29-13-14-37-23)15-20(17-7-5-4-6-8-17)38-19-11-9-18(32)10-12-19/h4-8,13-14,18-20,26,32,34-35H,9-12,15H2,1-3H3/t18?,19?,20-/m0/s1. The second-order valence-electron chi connectivity index (χ2n) is 10.6. The Morgan fingerprint density at radius 3 is 2.46 bits per heavy atom. The predicted molar refractivity (Wildman–Crippen MR) is 147 cm³/mol. The van der Waals surface area contributed by atoms with Crippen molar-refractivity contribution < 1.29 is 24.5 Å². The summed E-state index contributed by atoms with van der Waals surface area (Å²) in [5.41, 5.74) is -1.44. The number of thiophene rings is 1. The van der Waals surface area contributed by atoms with Crippen LogP contribution in [-0.4, -0.2) is 47.9 Å². The molecule has 1 fully saturated rings. The molecule has 11 heteroatoms. The van der Waals surface area contributed by atoms with Crippen LogP contribution < -0.4 is 11.2 Å². The summed E-state index contributed by atoms with van der Waals surface area (Å²) >= 11 is 1.23. The van der Waals surface area contributed by atoms with Gasteiger partial charge in [0.05, 0.1) is 40.8 Å². The average molecular weight is 556 g/mol. The van der Waals surface area contributed by atoms with E-state index < -0.39 is 29.2 Å². The van der Waals surface area contributed by atoms with Gasteiger partial charge < -0.3 is 24.5 Å². The molecule has 3 heterocycles. The van der Waals surface area contributed by atoms with Gasteiger partial charge in [-0.05, 0) is 57.6 Å². The molecule has 3 N–H and O–H groups in total. The lowest BCUT2D eigenvalue weighted by Crippen LogP contribution is -2.54. The maximum Gasteiger partial charge on any atom is 0.332 e. The van der Waals surface area contributed by atoms with Gasteiger partial charge in [-0.2, -0.15) is 0 Å². The van der Waals surface area contributed by atoms with E-state index in [9.17, 15) is 24.9 Å². The van der Waals surface area contributed by atoms with Crippen molar-refractivity contribution in [3.63, 3.8) is 0 Å². The van der Waals surface area contributed by atoms with E-state index in [1.54, 1.807) is 6.92 Å². The molecule has 10 nitrogen and oxygen atoms in total. The molecule has 1 atom stereocenters. The van der Waals surface area contributed by atoms with E-state index in [4.69, 9.17) is 9.15 Å². The van der Waals surface area contributed by atoms with Crippen LogP contribution in [0.4, 0.5) is 0 Å². The van der Waals surface area contributed by atoms with Crippen molar-refractivity contribution >= 4 is 21.6 Å². The number of benzene rings is 1. The number of hydrogen-bond donors (Lipinski definition) is 3. The third-order valence-corrected chi connectivity index (χ3v) is 8.87. The monoisotopic (exact) mass is 555 g/mol. The highest BCUT2D eigenvalue weighted by atomic mass is 32.1. The first-order chi connectivity index (χ1) is 18.6. The third-order valence-electron chi connectivity index (χ3n) is 7.57. The van der Waals surface area contributed by atoms with Gasteiger partial charge in [-0.1, -0.05) is 30.3 Å². The van der Waals surface area contributed by atoms with Crippen LogP contribution in [0.15, 0.2) is 56.8 Å². The van der Waals surface area contributed by atoms with Crippen LogP contribution in [0.2, 0.25) is 0 Å². The summed E-state index contributed by atoms with van der Waals surface area (Å²) in [6.45, 7) is 4.72. The van der Waals surface area contributed by atoms with Crippen LogP contribution in [0.25, 0.3) is 21.0 Å². The van der Waals surface area contributed by atoms with Crippen molar-refractivity contribution in [1.29, 1.82) is 0 Å². The van der Waals surface area contributed by atoms with Gasteiger partial charge in [-0.25, -0.2) is 14.3 Å². The van der Waals surface area contributed by atoms with Gasteiger partial charge in [0.1, 0.15) is 17.2 Å². The highest BCUT2D eigenvalue weighted by Crippen LogP contribution is 2.37. The van der Waals surface area contributed by atoms with Crippen LogP contribution in [-0.2, 0) is 16.8 Å². The molecule has 1 aliphatic rings. The summed E-state index contributed by atoms with van der Waals surface area (Å²) in [5.74, 6) is 0.330. The smallest absolute Gasteiger partial charge is 0.332 e. The van der Waals surface area contributed by atoms with E-state index in [0.29, 0.717) is 46.8 Å². The van der Waals surface area contributed by atoms with E-state index in [1.807, 2.05) is 30.3 Å². The Kier molecular flexibility index (Phi) is 7.62. The van der Waals surface area contributed by atoms with Crippen molar-refractivity contribution in [3.05, 3.63) is 74.8 Å². The molecule has 1 saturated carbocycles. The fourth-order valence-electron chi connectivity index (χ4n) is 5.14. The SMILES string of the molecule is Cc1c(-c2ncco2)sc2c1c(=O)n(C(C)(C)C(O)O)c(=O)n2C[C@H](OC1CCC(O)CC1)c1ccccc1. The Morgan fingerprint density at radius 1 is 1.15 bits per heavy atom. The van der Waals surface area contributed by atoms with Gasteiger partial charge in [0.2, 0.25) is 5.89 Å². The number of rotatable bonds is 8. The van der Waals surface area contributed by atoms with E-state index in [2.05, 4.69) is 4.98 Å². The summed E-state index contributed by atoms with van der Waals surface area (Å²) < 4.78 is 14.5. The minimum atomic E-state index is -1.96. The van der Waals surface area contributed by atoms with Crippen molar-refractivity contribution in [1.82, 2.24) is 14.1 Å². The van der Waals surface area contributed by atoms with Gasteiger partial charge in [0, 0.05) is 0 Å². The molecule has 5 rings (SSSR count). The zero-order valence-electron chi connectivity index (χ0n) is 22.1. The molecule has 0 unspecified atom stereocenters. The number of aromatic nitrogens is 3. The molecule has 0 aliphatic heterocycles. The molecule has 1 aliphatic carbocycles. The van der Waals surface area contributed by atoms with Crippen molar-refractivity contribution in [2.75, 3.05) is 0 Å². The van der Waals surface area contributed by atoms with Gasteiger partial charge >= 0.3 is 5.69 Å². The van der Waals surface area contributed by atoms with E-state index >= 15 is 0 Å². The topological polar surface area (TPSA) is 140 Å². The van der Waals surface area contributed by atoms with Crippen LogP contribution in [0.5, 0.6) is 0 Å². The molecule has 0 bridgehead atoms. The van der Waals surface area contributed by atoms with Crippen LogP contribution in [0.3, 0.4) is 0 Å². The first-order valence-corrected chi connectivity index (χ1v) is 13.8. The maximum absolute atomic E-state index is 14.0. The second-order valence-corrected chi connectivity index (χ2v) is 11.6. The largest absolute Gasteiger partial charge is 0.444 e. The van der Waals surface area contributed by atoms with Crippen LogP contribution in [0.1, 0.15) is 56.8 Å². The van der Waals surface area contributed by atoms with E-state index in [-0.39, 0.29) is 24.1 Å². The molecular formula is C28H33N3O7S. The van der Waals surface area contributed by atoms with Gasteiger partial charge in [0.15, 0.2) is 6.29 Å². The zero-order chi connectivity index (χ0) is 27.9. The maximum atomic E-state index is 14.0. The Bertz CT molecular complexity index is 1550. The van der Waals surface area contributed by atoms with Crippen LogP contribution in [0, 0.1) is 6.92 Å². The molecule has 0 spiro atoms. The average Bonchev–Trinajstić information content (AvgIpc) is 3.55. The highest BCUT2D eigenvalue weighted by molar-refractivity contribution is 7.22. The van der Waals surface area contributed by atoms with Gasteiger partial charge in [-0.3, -0.25) is 9.36 Å². The first kappa shape index (κ1) is 27.5. The van der Waals surface area contributed by atoms with Crippen LogP contribution >= 0.6 is 11.3 Å². The number of oxazole rings is 1. The number of aryl methyl sites for hydroxylation is 1. The zero-order valence-corrected chi connectivity index (χ0v) is 22.9. The Labute approximate surface area is 228 Å². The molecule has 208 valence electrons. The Morgan fingerprint density at radius 2 is 1.85 bits per heavy atom. The summed E-state index contributed by atoms with van der Waals surface area (Å²) in [5, 5.41) is 30.5. The first-order valence-electron chi connectivity index (χ1n) is 13.0. The lowest BCUT2D eigenvalue weighted by Gasteiger charge is -2.32. The fraction of sp³-hybridized carbons (Fsp3) is 0.464. The molecule has 4 aromatic rings. The summed E-state index contributed by atoms with van der Waals surface area (Å²) in [6.07, 6.45) is 2.71. The molecule has 0 radical (unpaired) electrons. The minimum Gasteiger partial charge on any atom is -0.444 e. The second kappa shape index (κ2) is 10.8. The summed E-state index contributed by atoms with van der Waals surface area (Å²) in [7, 11) is 0. The minimum absolute atomic E-state index is 0.0846. The molecule has 0 saturated heterocycles. The third kappa shape index (κ3) is 5.12. The van der Waals surface area contributed by atoms with Gasteiger partial charge in [0.25, 0.3) is 5.56 Å². The molecule has 0 amide bonds. The van der Waals surface area contributed by atoms with Crippen molar-refractivity contribution in [2.45, 2.75) is 83.1 Å². The highest BCUT2D eigenvalue weighted by Gasteiger charge is 2.35. The van der Waals surface area contributed by atoms with E-state index in [1.165, 1.54) is 42.2 Å². The number of aliphatic hydroxyl groups excluding tert-OH is 2. The summed E-state index contributed by atoms with van der Waals surface area (Å²) in [6, 6.07) is 9.56. The number of fused-ring (bicyclic) bond motifs is 1. The fourth-order valence-corrected chi connectivity index (χ4v) is 6.39. The number of hydrogen-bond acceptors (Lipinski definition) is 9. The van der Waals surface area contributed by atoms with E-state index in [0.717, 1.165) is 10.1 Å². The molecule has 39 heavy (non-hydrogen) atoms. The number of ether oxygens (including phenoxy) is 1. The number of nitrogens with zero attached hydrogens (tertiary/aromatic N) is 3. The quantitative estimate of drug-likeness (QED) is 0.282. The predicted octanol–water partition coefficient (Wildman–Crippen LogP) is 3.30. The molecule has 3 aromatic heterocycles. The Hall–Kier alpha value is -3.09. The lowest BCUT2D eigenvalue weighted by molar-refractivity contribution is -0.116. The molecular weight excluding hydrogens is 522 g/mol. The van der Waals surface area contributed by atoms with Crippen molar-refractivity contribution in [2.24, 2.45) is 0 Å². The molecule has 1 aromatic carbocycles. The Balaban J connectivity index is 1.70. The van der Waals surface area contributed by atoms with Gasteiger partial charge in [-0.15, -0.1) is 11.3 Å². The van der Waals surface area contributed by atoms with Crippen molar-refractivity contribution in [3.8, 4) is 10.8 Å². The lowest BCUT2D eigenvalue weighted by atomic mass is 9.95. The normalized spacial score (nSPS) is 19.2. The summed E-state index contributed by atoms with van der Waals surface area (Å²) in [4.78, 5) is 33.1. The number of aliphatic hydroxyl groups is 3.